The number of rotatable bonds is 4. The van der Waals surface area contributed by atoms with Crippen LogP contribution >= 0.6 is 0 Å². The standard InChI is InChI=1S/C28H31N5O2/c34-27(32-19-17-31(18-20-32)26-10-3-5-15-29-26)21-22-11-13-24(14-12-22)30-28(35)33-16-6-4-8-23-7-1-2-9-25(23)33/h1-3,5,7,9-15H,4,6,8,16-21H2,(H,30,35). The normalized spacial score (nSPS) is 15.8. The van der Waals surface area contributed by atoms with Crippen LogP contribution in [0.15, 0.2) is 72.9 Å². The highest BCUT2D eigenvalue weighted by Crippen LogP contribution is 2.27. The zero-order valence-corrected chi connectivity index (χ0v) is 19.9. The van der Waals surface area contributed by atoms with Crippen molar-refractivity contribution >= 4 is 29.1 Å². The fourth-order valence-corrected chi connectivity index (χ4v) is 4.81. The Balaban J connectivity index is 1.15. The van der Waals surface area contributed by atoms with Crippen LogP contribution in [0.25, 0.3) is 0 Å². The van der Waals surface area contributed by atoms with Crippen LogP contribution in [0.1, 0.15) is 24.0 Å². The minimum absolute atomic E-state index is 0.117. The van der Waals surface area contributed by atoms with E-state index in [-0.39, 0.29) is 11.9 Å². The fourth-order valence-electron chi connectivity index (χ4n) is 4.81. The largest absolute Gasteiger partial charge is 0.353 e. The minimum atomic E-state index is -0.117. The maximum absolute atomic E-state index is 13.0. The van der Waals surface area contributed by atoms with Crippen LogP contribution in [-0.2, 0) is 17.6 Å². The molecule has 3 amide bonds. The van der Waals surface area contributed by atoms with E-state index in [0.29, 0.717) is 26.1 Å². The van der Waals surface area contributed by atoms with Crippen LogP contribution in [-0.4, -0.2) is 54.5 Å². The van der Waals surface area contributed by atoms with Crippen molar-refractivity contribution in [2.24, 2.45) is 0 Å². The maximum atomic E-state index is 13.0. The topological polar surface area (TPSA) is 68.8 Å². The molecular weight excluding hydrogens is 438 g/mol. The van der Waals surface area contributed by atoms with E-state index in [1.165, 1.54) is 5.56 Å². The Kier molecular flexibility index (Phi) is 6.93. The number of fused-ring (bicyclic) bond motifs is 1. The third-order valence-corrected chi connectivity index (χ3v) is 6.77. The summed E-state index contributed by atoms with van der Waals surface area (Å²) in [6, 6.07) is 21.5. The van der Waals surface area contributed by atoms with Gasteiger partial charge in [-0.05, 0) is 60.7 Å². The molecule has 2 aliphatic rings. The maximum Gasteiger partial charge on any atom is 0.326 e. The number of piperazine rings is 1. The highest BCUT2D eigenvalue weighted by atomic mass is 16.2. The molecule has 2 aliphatic heterocycles. The first-order chi connectivity index (χ1) is 17.2. The van der Waals surface area contributed by atoms with Gasteiger partial charge in [-0.15, -0.1) is 0 Å². The molecule has 0 unspecified atom stereocenters. The van der Waals surface area contributed by atoms with Gasteiger partial charge in [0.15, 0.2) is 0 Å². The molecule has 5 rings (SSSR count). The van der Waals surface area contributed by atoms with E-state index in [1.54, 1.807) is 6.20 Å². The van der Waals surface area contributed by atoms with Crippen LogP contribution in [0.2, 0.25) is 0 Å². The SMILES string of the molecule is O=C(Cc1ccc(NC(=O)N2CCCCc3ccccc32)cc1)N1CCN(c2ccccn2)CC1. The number of pyridine rings is 1. The van der Waals surface area contributed by atoms with E-state index in [9.17, 15) is 9.59 Å². The van der Waals surface area contributed by atoms with Crippen LogP contribution in [0, 0.1) is 0 Å². The number of carbonyl (C=O) groups excluding carboxylic acids is 2. The predicted octanol–water partition coefficient (Wildman–Crippen LogP) is 4.35. The Bertz CT molecular complexity index is 1160. The Labute approximate surface area is 206 Å². The zero-order chi connectivity index (χ0) is 24.0. The molecule has 0 spiro atoms. The second kappa shape index (κ2) is 10.6. The number of aryl methyl sites for hydroxylation is 1. The molecule has 0 bridgehead atoms. The summed E-state index contributed by atoms with van der Waals surface area (Å²) >= 11 is 0. The number of benzene rings is 2. The summed E-state index contributed by atoms with van der Waals surface area (Å²) in [6.45, 7) is 3.67. The number of amides is 3. The molecule has 7 heteroatoms. The first kappa shape index (κ1) is 22.9. The molecule has 3 heterocycles. The molecule has 2 aromatic carbocycles. The quantitative estimate of drug-likeness (QED) is 0.617. The summed E-state index contributed by atoms with van der Waals surface area (Å²) in [5.41, 5.74) is 3.89. The summed E-state index contributed by atoms with van der Waals surface area (Å²) in [7, 11) is 0. The average Bonchev–Trinajstić information content (AvgIpc) is 3.13. The smallest absolute Gasteiger partial charge is 0.326 e. The number of nitrogens with zero attached hydrogens (tertiary/aromatic N) is 4. The van der Waals surface area contributed by atoms with E-state index in [4.69, 9.17) is 0 Å². The molecule has 1 fully saturated rings. The van der Waals surface area contributed by atoms with Crippen LogP contribution in [0.4, 0.5) is 22.0 Å². The number of aromatic nitrogens is 1. The number of hydrogen-bond acceptors (Lipinski definition) is 4. The Morgan fingerprint density at radius 1 is 0.829 bits per heavy atom. The molecule has 7 nitrogen and oxygen atoms in total. The second-order valence-electron chi connectivity index (χ2n) is 9.10. The molecule has 180 valence electrons. The number of anilines is 3. The number of hydrogen-bond donors (Lipinski definition) is 1. The molecule has 3 aromatic rings. The van der Waals surface area contributed by atoms with Crippen molar-refractivity contribution in [3.63, 3.8) is 0 Å². The van der Waals surface area contributed by atoms with Crippen molar-refractivity contribution in [3.05, 3.63) is 84.1 Å². The van der Waals surface area contributed by atoms with Gasteiger partial charge in [-0.1, -0.05) is 36.4 Å². The molecule has 1 N–H and O–H groups in total. The third kappa shape index (κ3) is 5.45. The van der Waals surface area contributed by atoms with Gasteiger partial charge in [0.05, 0.1) is 6.42 Å². The third-order valence-electron chi connectivity index (χ3n) is 6.77. The van der Waals surface area contributed by atoms with Crippen molar-refractivity contribution < 1.29 is 9.59 Å². The van der Waals surface area contributed by atoms with Crippen molar-refractivity contribution in [2.75, 3.05) is 47.8 Å². The van der Waals surface area contributed by atoms with Crippen molar-refractivity contribution in [3.8, 4) is 0 Å². The monoisotopic (exact) mass is 469 g/mol. The molecule has 0 aliphatic carbocycles. The molecule has 0 radical (unpaired) electrons. The van der Waals surface area contributed by atoms with Gasteiger partial charge in [-0.2, -0.15) is 0 Å². The lowest BCUT2D eigenvalue weighted by Gasteiger charge is -2.35. The van der Waals surface area contributed by atoms with E-state index in [0.717, 1.165) is 55.1 Å². The van der Waals surface area contributed by atoms with E-state index >= 15 is 0 Å². The van der Waals surface area contributed by atoms with Gasteiger partial charge in [-0.3, -0.25) is 9.69 Å². The van der Waals surface area contributed by atoms with Gasteiger partial charge in [0.1, 0.15) is 5.82 Å². The van der Waals surface area contributed by atoms with E-state index < -0.39 is 0 Å². The second-order valence-corrected chi connectivity index (χ2v) is 9.10. The Morgan fingerprint density at radius 3 is 2.37 bits per heavy atom. The van der Waals surface area contributed by atoms with Gasteiger partial charge in [0, 0.05) is 50.3 Å². The molecule has 1 aromatic heterocycles. The minimum Gasteiger partial charge on any atom is -0.353 e. The summed E-state index contributed by atoms with van der Waals surface area (Å²) < 4.78 is 0. The molecule has 0 saturated carbocycles. The van der Waals surface area contributed by atoms with Crippen molar-refractivity contribution in [2.45, 2.75) is 25.7 Å². The summed E-state index contributed by atoms with van der Waals surface area (Å²) in [4.78, 5) is 36.2. The van der Waals surface area contributed by atoms with Crippen LogP contribution < -0.4 is 15.1 Å². The lowest BCUT2D eigenvalue weighted by molar-refractivity contribution is -0.130. The first-order valence-electron chi connectivity index (χ1n) is 12.4. The lowest BCUT2D eigenvalue weighted by atomic mass is 10.1. The van der Waals surface area contributed by atoms with Gasteiger partial charge in [-0.25, -0.2) is 9.78 Å². The molecular formula is C28H31N5O2. The van der Waals surface area contributed by atoms with E-state index in [2.05, 4.69) is 21.3 Å². The predicted molar refractivity (Wildman–Crippen MR) is 139 cm³/mol. The van der Waals surface area contributed by atoms with Gasteiger partial charge in [0.25, 0.3) is 0 Å². The van der Waals surface area contributed by atoms with Crippen molar-refractivity contribution in [1.82, 2.24) is 9.88 Å². The Morgan fingerprint density at radius 2 is 1.60 bits per heavy atom. The molecule has 0 atom stereocenters. The van der Waals surface area contributed by atoms with Crippen molar-refractivity contribution in [1.29, 1.82) is 0 Å². The number of urea groups is 1. The highest BCUT2D eigenvalue weighted by molar-refractivity contribution is 6.02. The summed E-state index contributed by atoms with van der Waals surface area (Å²) in [5, 5.41) is 3.02. The average molecular weight is 470 g/mol. The summed E-state index contributed by atoms with van der Waals surface area (Å²) in [6.07, 6.45) is 5.23. The van der Waals surface area contributed by atoms with E-state index in [1.807, 2.05) is 70.5 Å². The number of nitrogens with one attached hydrogen (secondary N) is 1. The molecule has 35 heavy (non-hydrogen) atoms. The fraction of sp³-hybridized carbons (Fsp3) is 0.321. The molecule has 1 saturated heterocycles. The van der Waals surface area contributed by atoms with Gasteiger partial charge in [0.2, 0.25) is 5.91 Å². The Hall–Kier alpha value is -3.87. The van der Waals surface area contributed by atoms with Gasteiger partial charge < -0.3 is 15.1 Å². The number of para-hydroxylation sites is 1. The number of carbonyl (C=O) groups is 2. The zero-order valence-electron chi connectivity index (χ0n) is 19.9. The van der Waals surface area contributed by atoms with Crippen LogP contribution in [0.3, 0.4) is 0 Å². The van der Waals surface area contributed by atoms with Gasteiger partial charge >= 0.3 is 6.03 Å². The highest BCUT2D eigenvalue weighted by Gasteiger charge is 2.23. The summed E-state index contributed by atoms with van der Waals surface area (Å²) in [5.74, 6) is 1.09. The van der Waals surface area contributed by atoms with Crippen LogP contribution in [0.5, 0.6) is 0 Å². The lowest BCUT2D eigenvalue weighted by Crippen LogP contribution is -2.49. The first-order valence-corrected chi connectivity index (χ1v) is 12.4.